The van der Waals surface area contributed by atoms with Gasteiger partial charge in [0.2, 0.25) is 0 Å². The average Bonchev–Trinajstić information content (AvgIpc) is 2.06. The zero-order chi connectivity index (χ0) is 9.24. The van der Waals surface area contributed by atoms with Gasteiger partial charge in [0.25, 0.3) is 0 Å². The van der Waals surface area contributed by atoms with Gasteiger partial charge in [-0.15, -0.1) is 0 Å². The maximum absolute atomic E-state index is 2.35. The molecule has 1 rings (SSSR count). The van der Waals surface area contributed by atoms with Crippen molar-refractivity contribution in [2.75, 3.05) is 53.4 Å². The minimum absolute atomic E-state index is 1.22. The van der Waals surface area contributed by atoms with Crippen LogP contribution < -0.4 is 0 Å². The van der Waals surface area contributed by atoms with Crippen molar-refractivity contribution in [1.29, 1.82) is 0 Å². The van der Waals surface area contributed by atoms with Crippen molar-refractivity contribution < 1.29 is 8.97 Å². The molecule has 0 bridgehead atoms. The molecule has 1 saturated heterocycles. The second-order valence-electron chi connectivity index (χ2n) is 4.80. The fraction of sp³-hybridized carbons (Fsp3) is 1.00. The van der Waals surface area contributed by atoms with Gasteiger partial charge in [0.1, 0.15) is 26.2 Å². The van der Waals surface area contributed by atoms with Gasteiger partial charge < -0.3 is 8.97 Å². The van der Waals surface area contributed by atoms with Gasteiger partial charge in [0.15, 0.2) is 0 Å². The van der Waals surface area contributed by atoms with E-state index in [-0.39, 0.29) is 0 Å². The summed E-state index contributed by atoms with van der Waals surface area (Å²) in [6.45, 7) is 12.7. The Hall–Kier alpha value is -0.0800. The highest BCUT2D eigenvalue weighted by atomic mass is 15.4. The van der Waals surface area contributed by atoms with E-state index in [1.807, 2.05) is 0 Å². The Morgan fingerprint density at radius 2 is 1.25 bits per heavy atom. The van der Waals surface area contributed by atoms with Crippen molar-refractivity contribution in [2.24, 2.45) is 0 Å². The highest BCUT2D eigenvalue weighted by molar-refractivity contribution is 4.48. The largest absolute Gasteiger partial charge is 0.319 e. The molecule has 0 spiro atoms. The second-order valence-corrected chi connectivity index (χ2v) is 4.80. The van der Waals surface area contributed by atoms with E-state index in [2.05, 4.69) is 27.9 Å². The lowest BCUT2D eigenvalue weighted by Crippen LogP contribution is -2.63. The summed E-state index contributed by atoms with van der Waals surface area (Å²) < 4.78 is 2.57. The SMILES string of the molecule is CC[N+]1(CC)CC[N+](C)(C)CC1. The van der Waals surface area contributed by atoms with Crippen molar-refractivity contribution >= 4 is 0 Å². The van der Waals surface area contributed by atoms with E-state index in [0.29, 0.717) is 0 Å². The molecule has 2 nitrogen and oxygen atoms in total. The Labute approximate surface area is 77.0 Å². The highest BCUT2D eigenvalue weighted by Gasteiger charge is 2.34. The van der Waals surface area contributed by atoms with Gasteiger partial charge in [0.05, 0.1) is 27.2 Å². The van der Waals surface area contributed by atoms with E-state index < -0.39 is 0 Å². The number of hydrogen-bond donors (Lipinski definition) is 0. The third kappa shape index (κ3) is 1.99. The minimum Gasteiger partial charge on any atom is -0.319 e. The summed E-state index contributed by atoms with van der Waals surface area (Å²) in [5.74, 6) is 0. The number of rotatable bonds is 2. The quantitative estimate of drug-likeness (QED) is 0.544. The van der Waals surface area contributed by atoms with Gasteiger partial charge in [-0.3, -0.25) is 0 Å². The standard InChI is InChI=1S/C10H24N2/c1-5-12(6-2)9-7-11(3,4)8-10-12/h5-10H2,1-4H3/q+2. The lowest BCUT2D eigenvalue weighted by molar-refractivity contribution is -1.01. The summed E-state index contributed by atoms with van der Waals surface area (Å²) >= 11 is 0. The summed E-state index contributed by atoms with van der Waals surface area (Å²) in [7, 11) is 4.69. The molecule has 1 fully saturated rings. The van der Waals surface area contributed by atoms with Gasteiger partial charge in [-0.25, -0.2) is 0 Å². The molecule has 1 heterocycles. The van der Waals surface area contributed by atoms with Crippen LogP contribution in [0.3, 0.4) is 0 Å². The first kappa shape index (κ1) is 10.0. The third-order valence-corrected chi connectivity index (χ3v) is 3.70. The molecule has 0 unspecified atom stereocenters. The van der Waals surface area contributed by atoms with E-state index >= 15 is 0 Å². The Bertz CT molecular complexity index is 136. The molecule has 0 N–H and O–H groups in total. The first-order valence-corrected chi connectivity index (χ1v) is 5.21. The maximum Gasteiger partial charge on any atom is 0.129 e. The van der Waals surface area contributed by atoms with Gasteiger partial charge in [-0.05, 0) is 13.8 Å². The number of nitrogens with zero attached hydrogens (tertiary/aromatic N) is 2. The molecular formula is C10H24N2+2. The molecule has 0 atom stereocenters. The number of quaternary nitrogens is 2. The number of piperazine rings is 1. The summed E-state index contributed by atoms with van der Waals surface area (Å²) in [6, 6.07) is 0. The van der Waals surface area contributed by atoms with E-state index in [9.17, 15) is 0 Å². The predicted octanol–water partition coefficient (Wildman–Crippen LogP) is 0.933. The summed E-state index contributed by atoms with van der Waals surface area (Å²) in [6.07, 6.45) is 0. The molecule has 0 aromatic carbocycles. The molecular weight excluding hydrogens is 148 g/mol. The van der Waals surface area contributed by atoms with Crippen LogP contribution in [0, 0.1) is 0 Å². The summed E-state index contributed by atoms with van der Waals surface area (Å²) in [5, 5.41) is 0. The molecule has 0 radical (unpaired) electrons. The third-order valence-electron chi connectivity index (χ3n) is 3.70. The Balaban J connectivity index is 2.53. The van der Waals surface area contributed by atoms with Crippen molar-refractivity contribution in [3.05, 3.63) is 0 Å². The van der Waals surface area contributed by atoms with Crippen LogP contribution in [0.4, 0.5) is 0 Å². The predicted molar refractivity (Wildman–Crippen MR) is 52.9 cm³/mol. The van der Waals surface area contributed by atoms with Crippen molar-refractivity contribution in [1.82, 2.24) is 0 Å². The minimum atomic E-state index is 1.22. The lowest BCUT2D eigenvalue weighted by Gasteiger charge is -2.45. The Kier molecular flexibility index (Phi) is 2.79. The maximum atomic E-state index is 2.35. The highest BCUT2D eigenvalue weighted by Crippen LogP contribution is 2.14. The van der Waals surface area contributed by atoms with Crippen molar-refractivity contribution in [3.8, 4) is 0 Å². The van der Waals surface area contributed by atoms with Crippen LogP contribution in [-0.4, -0.2) is 62.3 Å². The first-order valence-electron chi connectivity index (χ1n) is 5.21. The Morgan fingerprint density at radius 3 is 1.58 bits per heavy atom. The number of likely N-dealkylation sites (N-methyl/N-ethyl adjacent to an activating group) is 2. The van der Waals surface area contributed by atoms with Crippen LogP contribution in [0.2, 0.25) is 0 Å². The molecule has 12 heavy (non-hydrogen) atoms. The smallest absolute Gasteiger partial charge is 0.129 e. The normalized spacial score (nSPS) is 27.0. The molecule has 0 aliphatic carbocycles. The van der Waals surface area contributed by atoms with Gasteiger partial charge in [-0.1, -0.05) is 0 Å². The van der Waals surface area contributed by atoms with Gasteiger partial charge in [-0.2, -0.15) is 0 Å². The lowest BCUT2D eigenvalue weighted by atomic mass is 10.2. The van der Waals surface area contributed by atoms with Crippen LogP contribution >= 0.6 is 0 Å². The molecule has 72 valence electrons. The topological polar surface area (TPSA) is 0 Å². The fourth-order valence-corrected chi connectivity index (χ4v) is 2.05. The van der Waals surface area contributed by atoms with E-state index in [1.54, 1.807) is 0 Å². The Morgan fingerprint density at radius 1 is 0.833 bits per heavy atom. The fourth-order valence-electron chi connectivity index (χ4n) is 2.05. The monoisotopic (exact) mass is 172 g/mol. The van der Waals surface area contributed by atoms with Crippen LogP contribution in [0.1, 0.15) is 13.8 Å². The van der Waals surface area contributed by atoms with Crippen LogP contribution in [0.25, 0.3) is 0 Å². The van der Waals surface area contributed by atoms with Gasteiger partial charge >= 0.3 is 0 Å². The average molecular weight is 172 g/mol. The van der Waals surface area contributed by atoms with Crippen LogP contribution in [-0.2, 0) is 0 Å². The van der Waals surface area contributed by atoms with Gasteiger partial charge in [0, 0.05) is 0 Å². The molecule has 1 aliphatic heterocycles. The van der Waals surface area contributed by atoms with E-state index in [0.717, 1.165) is 0 Å². The molecule has 0 saturated carbocycles. The molecule has 2 heteroatoms. The van der Waals surface area contributed by atoms with E-state index in [4.69, 9.17) is 0 Å². The summed E-state index contributed by atoms with van der Waals surface area (Å²) in [4.78, 5) is 0. The first-order chi connectivity index (χ1) is 5.54. The zero-order valence-corrected chi connectivity index (χ0v) is 9.14. The number of hydrogen-bond acceptors (Lipinski definition) is 0. The van der Waals surface area contributed by atoms with Crippen LogP contribution in [0.5, 0.6) is 0 Å². The second kappa shape index (κ2) is 3.35. The molecule has 0 aromatic heterocycles. The zero-order valence-electron chi connectivity index (χ0n) is 9.14. The van der Waals surface area contributed by atoms with Crippen molar-refractivity contribution in [3.63, 3.8) is 0 Å². The summed E-state index contributed by atoms with van der Waals surface area (Å²) in [5.41, 5.74) is 0. The molecule has 0 amide bonds. The van der Waals surface area contributed by atoms with E-state index in [1.165, 1.54) is 48.2 Å². The molecule has 0 aromatic rings. The van der Waals surface area contributed by atoms with Crippen LogP contribution in [0.15, 0.2) is 0 Å². The molecule has 1 aliphatic rings. The van der Waals surface area contributed by atoms with Crippen molar-refractivity contribution in [2.45, 2.75) is 13.8 Å².